The fraction of sp³-hybridized carbons (Fsp3) is 0.842. The minimum absolute atomic E-state index is 0.0237. The molecule has 4 fully saturated rings. The van der Waals surface area contributed by atoms with E-state index in [0.717, 1.165) is 51.6 Å². The van der Waals surface area contributed by atoms with Crippen LogP contribution < -0.4 is 0 Å². The van der Waals surface area contributed by atoms with E-state index in [4.69, 9.17) is 30.8 Å². The number of rotatable bonds is 19. The Kier molecular flexibility index (Phi) is 14.3. The topological polar surface area (TPSA) is 177 Å². The van der Waals surface area contributed by atoms with Crippen LogP contribution in [-0.2, 0) is 20.8 Å². The fourth-order valence-corrected chi connectivity index (χ4v) is 11.4. The summed E-state index contributed by atoms with van der Waals surface area (Å²) in [5.41, 5.74) is 28.1. The number of azide groups is 3. The van der Waals surface area contributed by atoms with Gasteiger partial charge in [-0.15, -0.1) is 0 Å². The highest BCUT2D eigenvalue weighted by Gasteiger charge is 2.66. The standard InChI is InChI=1S/C38H60N10O3/c1-27(9-8-19-48(4)26-28-10-6-5-7-11-28)31-12-13-32-36-33(25-35(38(31,32)3)51-22-18-44-47-41)37(2)15-14-30(49-20-16-42-45-39)23-29(37)24-34(36)50-21-17-43-46-40/h5-7,10-11,27,29-36H,8-9,12-26H2,1-4H3/t27-,29?,30-,31-,32+,33+,34-,35+,36+,37+,38-/m1/s1. The molecule has 0 radical (unpaired) electrons. The third-order valence-electron chi connectivity index (χ3n) is 13.7. The first-order chi connectivity index (χ1) is 24.8. The molecule has 1 unspecified atom stereocenters. The second kappa shape index (κ2) is 18.7. The minimum atomic E-state index is -0.0237. The normalized spacial score (nSPS) is 34.6. The van der Waals surface area contributed by atoms with Crippen molar-refractivity contribution in [3.8, 4) is 0 Å². The molecule has 0 N–H and O–H groups in total. The molecule has 4 aliphatic carbocycles. The molecule has 13 nitrogen and oxygen atoms in total. The quantitative estimate of drug-likeness (QED) is 0.0603. The lowest BCUT2D eigenvalue weighted by Crippen LogP contribution is -2.63. The van der Waals surface area contributed by atoms with Crippen molar-refractivity contribution in [3.05, 3.63) is 67.2 Å². The van der Waals surface area contributed by atoms with Crippen LogP contribution in [0.3, 0.4) is 0 Å². The zero-order chi connectivity index (χ0) is 36.3. The molecule has 280 valence electrons. The number of nitrogens with zero attached hydrogens (tertiary/aromatic N) is 10. The van der Waals surface area contributed by atoms with Gasteiger partial charge in [0.1, 0.15) is 0 Å². The lowest BCUT2D eigenvalue weighted by Gasteiger charge is -2.64. The largest absolute Gasteiger partial charge is 0.378 e. The summed E-state index contributed by atoms with van der Waals surface area (Å²) in [6.45, 7) is 11.9. The molecule has 51 heavy (non-hydrogen) atoms. The first-order valence-electron chi connectivity index (χ1n) is 19.4. The highest BCUT2D eigenvalue weighted by Crippen LogP contribution is 2.69. The Balaban J connectivity index is 1.36. The van der Waals surface area contributed by atoms with Gasteiger partial charge in [0, 0.05) is 46.3 Å². The second-order valence-electron chi connectivity index (χ2n) is 16.3. The van der Waals surface area contributed by atoms with Gasteiger partial charge in [-0.2, -0.15) is 0 Å². The van der Waals surface area contributed by atoms with Gasteiger partial charge < -0.3 is 19.1 Å². The first-order valence-corrected chi connectivity index (χ1v) is 19.4. The Labute approximate surface area is 304 Å². The van der Waals surface area contributed by atoms with Crippen molar-refractivity contribution < 1.29 is 14.2 Å². The molecule has 0 aromatic heterocycles. The monoisotopic (exact) mass is 704 g/mol. The van der Waals surface area contributed by atoms with Crippen LogP contribution in [0.15, 0.2) is 45.7 Å². The van der Waals surface area contributed by atoms with Gasteiger partial charge >= 0.3 is 0 Å². The van der Waals surface area contributed by atoms with Crippen LogP contribution in [0.1, 0.15) is 84.1 Å². The molecule has 0 bridgehead atoms. The first kappa shape index (κ1) is 39.2. The lowest BCUT2D eigenvalue weighted by molar-refractivity contribution is -0.226. The molecule has 1 aromatic carbocycles. The third kappa shape index (κ3) is 9.14. The molecule has 0 saturated heterocycles. The van der Waals surface area contributed by atoms with E-state index in [1.54, 1.807) is 0 Å². The molecule has 13 heteroatoms. The minimum Gasteiger partial charge on any atom is -0.378 e. The van der Waals surface area contributed by atoms with Crippen LogP contribution in [0.25, 0.3) is 31.3 Å². The smallest absolute Gasteiger partial charge is 0.0637 e. The maximum atomic E-state index is 9.00. The number of benzene rings is 1. The van der Waals surface area contributed by atoms with Gasteiger partial charge in [-0.05, 0) is 134 Å². The Bertz CT molecular complexity index is 1400. The molecule has 0 amide bonds. The Morgan fingerprint density at radius 3 is 2.20 bits per heavy atom. The third-order valence-corrected chi connectivity index (χ3v) is 13.7. The summed E-state index contributed by atoms with van der Waals surface area (Å²) in [7, 11) is 2.22. The van der Waals surface area contributed by atoms with Gasteiger partial charge in [-0.3, -0.25) is 0 Å². The van der Waals surface area contributed by atoms with Crippen molar-refractivity contribution in [2.75, 3.05) is 53.0 Å². The Hall–Kier alpha value is -3.01. The molecule has 0 aliphatic heterocycles. The van der Waals surface area contributed by atoms with Gasteiger partial charge in [0.15, 0.2) is 0 Å². The van der Waals surface area contributed by atoms with E-state index in [1.165, 1.54) is 24.8 Å². The van der Waals surface area contributed by atoms with E-state index >= 15 is 0 Å². The van der Waals surface area contributed by atoms with Crippen molar-refractivity contribution in [2.24, 2.45) is 61.7 Å². The van der Waals surface area contributed by atoms with Crippen LogP contribution >= 0.6 is 0 Å². The predicted octanol–water partition coefficient (Wildman–Crippen LogP) is 9.50. The zero-order valence-corrected chi connectivity index (χ0v) is 31.3. The summed E-state index contributed by atoms with van der Waals surface area (Å²) in [6, 6.07) is 10.7. The molecule has 11 atom stereocenters. The van der Waals surface area contributed by atoms with Gasteiger partial charge in [0.25, 0.3) is 0 Å². The molecule has 0 heterocycles. The average molecular weight is 705 g/mol. The van der Waals surface area contributed by atoms with Crippen molar-refractivity contribution in [1.29, 1.82) is 0 Å². The molecule has 0 spiro atoms. The Morgan fingerprint density at radius 2 is 1.51 bits per heavy atom. The number of ether oxygens (including phenoxy) is 3. The van der Waals surface area contributed by atoms with Crippen LogP contribution in [0.4, 0.5) is 0 Å². The van der Waals surface area contributed by atoms with Crippen LogP contribution in [0.5, 0.6) is 0 Å². The molecule has 5 rings (SSSR count). The second-order valence-corrected chi connectivity index (χ2v) is 16.3. The van der Waals surface area contributed by atoms with E-state index in [-0.39, 0.29) is 29.1 Å². The van der Waals surface area contributed by atoms with E-state index in [2.05, 4.69) is 93.1 Å². The van der Waals surface area contributed by atoms with E-state index < -0.39 is 0 Å². The Morgan fingerprint density at radius 1 is 0.843 bits per heavy atom. The zero-order valence-electron chi connectivity index (χ0n) is 31.3. The van der Waals surface area contributed by atoms with E-state index in [9.17, 15) is 0 Å². The van der Waals surface area contributed by atoms with Crippen molar-refractivity contribution in [3.63, 3.8) is 0 Å². The van der Waals surface area contributed by atoms with Crippen molar-refractivity contribution in [2.45, 2.75) is 103 Å². The number of fused-ring (bicyclic) bond motifs is 5. The molecule has 1 aromatic rings. The molecule has 4 aliphatic rings. The van der Waals surface area contributed by atoms with Gasteiger partial charge in [0.05, 0.1) is 38.1 Å². The maximum absolute atomic E-state index is 9.00. The van der Waals surface area contributed by atoms with Crippen LogP contribution in [0.2, 0.25) is 0 Å². The van der Waals surface area contributed by atoms with Gasteiger partial charge in [0.2, 0.25) is 0 Å². The number of hydrogen-bond donors (Lipinski definition) is 0. The number of hydrogen-bond acceptors (Lipinski definition) is 7. The van der Waals surface area contributed by atoms with Crippen LogP contribution in [-0.4, -0.2) is 76.3 Å². The highest BCUT2D eigenvalue weighted by molar-refractivity contribution is 5.16. The average Bonchev–Trinajstić information content (AvgIpc) is 3.49. The SMILES string of the molecule is C[C@H](CCCN(C)Cc1ccccc1)[C@H]1CC[C@H]2[C@@H]3[C@H](OCCN=[N+]=[N-])CC4C[C@H](OCCN=[N+]=[N-])CC[C@]4(C)[C@H]3C[C@H](OCCN=[N+]=[N-])[C@]12C. The summed E-state index contributed by atoms with van der Waals surface area (Å²) >= 11 is 0. The van der Waals surface area contributed by atoms with E-state index in [1.807, 2.05) is 0 Å². The van der Waals surface area contributed by atoms with E-state index in [0.29, 0.717) is 75.0 Å². The van der Waals surface area contributed by atoms with Crippen LogP contribution in [0, 0.1) is 46.3 Å². The van der Waals surface area contributed by atoms with Crippen molar-refractivity contribution in [1.82, 2.24) is 4.90 Å². The van der Waals surface area contributed by atoms with Crippen molar-refractivity contribution >= 4 is 0 Å². The molecular formula is C38H60N10O3. The summed E-state index contributed by atoms with van der Waals surface area (Å²) in [5, 5.41) is 11.3. The molecule has 4 saturated carbocycles. The summed E-state index contributed by atoms with van der Waals surface area (Å²) in [5.74, 6) is 2.79. The lowest BCUT2D eigenvalue weighted by atomic mass is 9.43. The summed E-state index contributed by atoms with van der Waals surface area (Å²) < 4.78 is 19.9. The van der Waals surface area contributed by atoms with Gasteiger partial charge in [-0.25, -0.2) is 0 Å². The van der Waals surface area contributed by atoms with Gasteiger partial charge in [-0.1, -0.05) is 66.4 Å². The summed E-state index contributed by atoms with van der Waals surface area (Å²) in [6.07, 6.45) is 10.00. The molecular weight excluding hydrogens is 644 g/mol. The predicted molar refractivity (Wildman–Crippen MR) is 198 cm³/mol. The summed E-state index contributed by atoms with van der Waals surface area (Å²) in [4.78, 5) is 11.3. The fourth-order valence-electron chi connectivity index (χ4n) is 11.4. The maximum Gasteiger partial charge on any atom is 0.0637 e. The highest BCUT2D eigenvalue weighted by atomic mass is 16.5.